The molecule has 2 nitrogen and oxygen atoms in total. The summed E-state index contributed by atoms with van der Waals surface area (Å²) in [7, 11) is 1.58. The van der Waals surface area contributed by atoms with Crippen LogP contribution in [0.2, 0.25) is 0 Å². The maximum absolute atomic E-state index is 4.49. The third kappa shape index (κ3) is 3.47. The zero-order chi connectivity index (χ0) is 4.83. The number of rotatable bonds is 2. The lowest BCUT2D eigenvalue weighted by Gasteiger charge is -1.79. The molecule has 0 atom stereocenters. The quantitative estimate of drug-likeness (QED) is 0.358. The van der Waals surface area contributed by atoms with Gasteiger partial charge in [-0.2, -0.15) is 0 Å². The highest BCUT2D eigenvalue weighted by Crippen LogP contribution is 1.60. The van der Waals surface area contributed by atoms with Crippen LogP contribution < -0.4 is 0 Å². The van der Waals surface area contributed by atoms with Gasteiger partial charge in [-0.05, 0) is 6.92 Å². The third-order valence-corrected chi connectivity index (χ3v) is 0.363. The number of hydrogen-bond donors (Lipinski definition) is 0. The van der Waals surface area contributed by atoms with Gasteiger partial charge in [-0.3, -0.25) is 4.99 Å². The molecule has 0 unspecified atom stereocenters. The van der Waals surface area contributed by atoms with Crippen LogP contribution in [-0.2, 0) is 4.74 Å². The first-order chi connectivity index (χ1) is 2.91. The van der Waals surface area contributed by atoms with Crippen LogP contribution in [0.1, 0.15) is 6.92 Å². The lowest BCUT2D eigenvalue weighted by Crippen LogP contribution is -1.75. The second-order valence-corrected chi connectivity index (χ2v) is 0.840. The second kappa shape index (κ2) is 4.47. The van der Waals surface area contributed by atoms with Crippen molar-refractivity contribution < 1.29 is 4.74 Å². The molecule has 0 N–H and O–H groups in total. The average Bonchev–Trinajstić information content (AvgIpc) is 1.61. The zero-order valence-electron chi connectivity index (χ0n) is 4.14. The molecule has 0 saturated carbocycles. The maximum Gasteiger partial charge on any atom is 0.168 e. The molecular weight excluding hydrogens is 78.0 g/mol. The van der Waals surface area contributed by atoms with Crippen molar-refractivity contribution in [2.24, 2.45) is 4.99 Å². The first kappa shape index (κ1) is 5.47. The highest BCUT2D eigenvalue weighted by molar-refractivity contribution is 5.45. The highest BCUT2D eigenvalue weighted by atomic mass is 16.5. The Bertz CT molecular complexity index is 36.8. The van der Waals surface area contributed by atoms with E-state index in [4.69, 9.17) is 0 Å². The Hall–Kier alpha value is -0.530. The van der Waals surface area contributed by atoms with E-state index in [-0.39, 0.29) is 0 Å². The normalized spacial score (nSPS) is 9.67. The van der Waals surface area contributed by atoms with Crippen LogP contribution in [0.5, 0.6) is 0 Å². The lowest BCUT2D eigenvalue weighted by molar-refractivity contribution is 0.421. The van der Waals surface area contributed by atoms with E-state index in [2.05, 4.69) is 9.73 Å². The van der Waals surface area contributed by atoms with E-state index >= 15 is 0 Å². The summed E-state index contributed by atoms with van der Waals surface area (Å²) in [6.45, 7) is 2.75. The van der Waals surface area contributed by atoms with Crippen molar-refractivity contribution in [2.45, 2.75) is 6.92 Å². The van der Waals surface area contributed by atoms with Gasteiger partial charge in [-0.25, -0.2) is 0 Å². The van der Waals surface area contributed by atoms with E-state index in [0.717, 1.165) is 6.54 Å². The van der Waals surface area contributed by atoms with Gasteiger partial charge in [0, 0.05) is 6.54 Å². The fourth-order valence-corrected chi connectivity index (χ4v) is 0.149. The summed E-state index contributed by atoms with van der Waals surface area (Å²) in [6, 6.07) is 0. The topological polar surface area (TPSA) is 21.6 Å². The van der Waals surface area contributed by atoms with E-state index in [1.165, 1.54) is 6.40 Å². The molecule has 6 heavy (non-hydrogen) atoms. The van der Waals surface area contributed by atoms with Crippen LogP contribution in [0.3, 0.4) is 0 Å². The Labute approximate surface area is 37.8 Å². The molecule has 0 rings (SSSR count). The molecule has 0 bridgehead atoms. The van der Waals surface area contributed by atoms with Crippen LogP contribution in [0.4, 0.5) is 0 Å². The molecule has 36 valence electrons. The SMILES string of the molecule is CC/N=C\OC. The molecule has 0 spiro atoms. The number of hydrogen-bond acceptors (Lipinski definition) is 2. The minimum atomic E-state index is 0.799. The summed E-state index contributed by atoms with van der Waals surface area (Å²) in [5, 5.41) is 0. The molecule has 0 fully saturated rings. The summed E-state index contributed by atoms with van der Waals surface area (Å²) >= 11 is 0. The molecule has 0 saturated heterocycles. The fraction of sp³-hybridized carbons (Fsp3) is 0.750. The van der Waals surface area contributed by atoms with Crippen molar-refractivity contribution in [3.63, 3.8) is 0 Å². The van der Waals surface area contributed by atoms with E-state index in [9.17, 15) is 0 Å². The Morgan fingerprint density at radius 3 is 2.67 bits per heavy atom. The average molecular weight is 87.1 g/mol. The Kier molecular flexibility index (Phi) is 4.08. The van der Waals surface area contributed by atoms with Gasteiger partial charge in [0.2, 0.25) is 0 Å². The van der Waals surface area contributed by atoms with Crippen LogP contribution in [0, 0.1) is 0 Å². The monoisotopic (exact) mass is 87.1 g/mol. The van der Waals surface area contributed by atoms with Crippen molar-refractivity contribution >= 4 is 6.40 Å². The van der Waals surface area contributed by atoms with Crippen LogP contribution in [0.15, 0.2) is 4.99 Å². The Balaban J connectivity index is 2.73. The predicted molar refractivity (Wildman–Crippen MR) is 26.0 cm³/mol. The van der Waals surface area contributed by atoms with E-state index in [1.54, 1.807) is 7.11 Å². The standard InChI is InChI=1S/C4H9NO/c1-3-5-4-6-2/h4H,3H2,1-2H3/b5-4-. The third-order valence-electron chi connectivity index (χ3n) is 0.363. The summed E-state index contributed by atoms with van der Waals surface area (Å²) in [6.07, 6.45) is 1.43. The molecule has 0 aromatic carbocycles. The molecule has 0 radical (unpaired) electrons. The van der Waals surface area contributed by atoms with Gasteiger partial charge in [0.05, 0.1) is 7.11 Å². The van der Waals surface area contributed by atoms with Crippen molar-refractivity contribution in [1.82, 2.24) is 0 Å². The van der Waals surface area contributed by atoms with Crippen molar-refractivity contribution in [1.29, 1.82) is 0 Å². The van der Waals surface area contributed by atoms with Crippen molar-refractivity contribution in [2.75, 3.05) is 13.7 Å². The van der Waals surface area contributed by atoms with Crippen LogP contribution >= 0.6 is 0 Å². The first-order valence-electron chi connectivity index (χ1n) is 1.93. The minimum absolute atomic E-state index is 0.799. The van der Waals surface area contributed by atoms with E-state index < -0.39 is 0 Å². The Morgan fingerprint density at radius 2 is 2.50 bits per heavy atom. The highest BCUT2D eigenvalue weighted by Gasteiger charge is 1.57. The smallest absolute Gasteiger partial charge is 0.168 e. The molecule has 0 aliphatic rings. The molecule has 0 aromatic rings. The summed E-state index contributed by atoms with van der Waals surface area (Å²) < 4.78 is 4.49. The van der Waals surface area contributed by atoms with E-state index in [1.807, 2.05) is 6.92 Å². The van der Waals surface area contributed by atoms with E-state index in [0.29, 0.717) is 0 Å². The van der Waals surface area contributed by atoms with Gasteiger partial charge in [-0.1, -0.05) is 0 Å². The maximum atomic E-state index is 4.49. The molecule has 0 aliphatic heterocycles. The predicted octanol–water partition coefficient (Wildman–Crippen LogP) is 0.681. The van der Waals surface area contributed by atoms with Gasteiger partial charge >= 0.3 is 0 Å². The number of nitrogens with zero attached hydrogens (tertiary/aromatic N) is 1. The Morgan fingerprint density at radius 1 is 1.83 bits per heavy atom. The molecular formula is C4H9NO. The molecule has 0 aliphatic carbocycles. The van der Waals surface area contributed by atoms with Crippen molar-refractivity contribution in [3.8, 4) is 0 Å². The van der Waals surface area contributed by atoms with Crippen LogP contribution in [-0.4, -0.2) is 20.1 Å². The van der Waals surface area contributed by atoms with Gasteiger partial charge in [0.25, 0.3) is 0 Å². The first-order valence-corrected chi connectivity index (χ1v) is 1.93. The summed E-state index contributed by atoms with van der Waals surface area (Å²) in [5.41, 5.74) is 0. The lowest BCUT2D eigenvalue weighted by atomic mass is 10.8. The number of methoxy groups -OCH3 is 1. The fourth-order valence-electron chi connectivity index (χ4n) is 0.149. The van der Waals surface area contributed by atoms with Crippen molar-refractivity contribution in [3.05, 3.63) is 0 Å². The molecule has 0 amide bonds. The minimum Gasteiger partial charge on any atom is -0.487 e. The molecule has 0 aromatic heterocycles. The summed E-state index contributed by atoms with van der Waals surface area (Å²) in [5.74, 6) is 0. The number of ether oxygens (including phenoxy) is 1. The zero-order valence-corrected chi connectivity index (χ0v) is 4.14. The molecule has 2 heteroatoms. The van der Waals surface area contributed by atoms with Gasteiger partial charge in [-0.15, -0.1) is 0 Å². The van der Waals surface area contributed by atoms with Gasteiger partial charge < -0.3 is 4.74 Å². The van der Waals surface area contributed by atoms with Gasteiger partial charge in [0.15, 0.2) is 6.40 Å². The van der Waals surface area contributed by atoms with Gasteiger partial charge in [0.1, 0.15) is 0 Å². The summed E-state index contributed by atoms with van der Waals surface area (Å²) in [4.78, 5) is 3.74. The second-order valence-electron chi connectivity index (χ2n) is 0.840. The molecule has 0 heterocycles. The largest absolute Gasteiger partial charge is 0.487 e. The van der Waals surface area contributed by atoms with Crippen LogP contribution in [0.25, 0.3) is 0 Å². The number of aliphatic imine (C=N–C) groups is 1.